The van der Waals surface area contributed by atoms with Gasteiger partial charge >= 0.3 is 23.1 Å². The minimum absolute atomic E-state index is 0. The molecule has 8 heavy (non-hydrogen) atoms. The zero-order valence-corrected chi connectivity index (χ0v) is 9.03. The molecular weight excluding hydrogens is 251 g/mol. The molecule has 0 N–H and O–H groups in total. The van der Waals surface area contributed by atoms with E-state index in [4.69, 9.17) is 0 Å². The summed E-state index contributed by atoms with van der Waals surface area (Å²) in [7, 11) is 0. The van der Waals surface area contributed by atoms with Crippen molar-refractivity contribution >= 4 is 45.6 Å². The SMILES string of the molecule is [Cl-].[Mg+2].[O-]CCCCI. The van der Waals surface area contributed by atoms with Gasteiger partial charge in [-0.15, -0.1) is 6.61 Å². The number of alkyl halides is 1. The summed E-state index contributed by atoms with van der Waals surface area (Å²) in [5.41, 5.74) is 0. The molecular formula is C4H8ClIMgO. The van der Waals surface area contributed by atoms with Gasteiger partial charge in [-0.1, -0.05) is 29.0 Å². The molecule has 0 atom stereocenters. The molecule has 46 valence electrons. The van der Waals surface area contributed by atoms with Crippen LogP contribution in [0.3, 0.4) is 0 Å². The average molecular weight is 259 g/mol. The summed E-state index contributed by atoms with van der Waals surface area (Å²) in [5, 5.41) is 9.69. The summed E-state index contributed by atoms with van der Waals surface area (Å²) in [4.78, 5) is 0. The summed E-state index contributed by atoms with van der Waals surface area (Å²) >= 11 is 2.27. The average Bonchev–Trinajstić information content (AvgIpc) is 1.61. The predicted octanol–water partition coefficient (Wildman–Crippen LogP) is -2.81. The molecule has 1 nitrogen and oxygen atoms in total. The molecule has 0 aliphatic carbocycles. The molecule has 0 amide bonds. The fourth-order valence-corrected chi connectivity index (χ4v) is 0.736. The summed E-state index contributed by atoms with van der Waals surface area (Å²) < 4.78 is 1.12. The summed E-state index contributed by atoms with van der Waals surface area (Å²) in [6.45, 7) is 0.100. The Balaban J connectivity index is -0.000000125. The van der Waals surface area contributed by atoms with Gasteiger partial charge in [0.1, 0.15) is 0 Å². The molecule has 0 aromatic heterocycles. The molecule has 0 saturated carbocycles. The molecule has 0 aromatic carbocycles. The van der Waals surface area contributed by atoms with Crippen molar-refractivity contribution < 1.29 is 17.5 Å². The third-order valence-corrected chi connectivity index (χ3v) is 1.29. The van der Waals surface area contributed by atoms with Crippen LogP contribution in [0.15, 0.2) is 0 Å². The van der Waals surface area contributed by atoms with Gasteiger partial charge in [0.05, 0.1) is 0 Å². The fraction of sp³-hybridized carbons (Fsp3) is 1.00. The van der Waals surface area contributed by atoms with Crippen LogP contribution >= 0.6 is 22.6 Å². The van der Waals surface area contributed by atoms with Crippen LogP contribution in [-0.2, 0) is 0 Å². The molecule has 0 heterocycles. The minimum Gasteiger partial charge on any atom is -1.00 e. The first-order chi connectivity index (χ1) is 2.91. The maximum absolute atomic E-state index is 9.69. The Morgan fingerprint density at radius 3 is 1.88 bits per heavy atom. The second kappa shape index (κ2) is 15.9. The van der Waals surface area contributed by atoms with Crippen LogP contribution in [0, 0.1) is 0 Å². The molecule has 0 aliphatic heterocycles. The second-order valence-corrected chi connectivity index (χ2v) is 2.18. The molecule has 4 heteroatoms. The first-order valence-corrected chi connectivity index (χ1v) is 3.58. The van der Waals surface area contributed by atoms with Crippen molar-refractivity contribution in [3.8, 4) is 0 Å². The van der Waals surface area contributed by atoms with Crippen LogP contribution in [0.4, 0.5) is 0 Å². The van der Waals surface area contributed by atoms with Crippen molar-refractivity contribution in [2.45, 2.75) is 12.8 Å². The van der Waals surface area contributed by atoms with Crippen LogP contribution in [-0.4, -0.2) is 34.1 Å². The molecule has 0 aliphatic rings. The van der Waals surface area contributed by atoms with Crippen molar-refractivity contribution in [3.63, 3.8) is 0 Å². The van der Waals surface area contributed by atoms with Gasteiger partial charge in [0, 0.05) is 0 Å². The first-order valence-electron chi connectivity index (χ1n) is 2.06. The third kappa shape index (κ3) is 15.7. The molecule has 0 bridgehead atoms. The number of hydrogen-bond donors (Lipinski definition) is 0. The van der Waals surface area contributed by atoms with Gasteiger partial charge in [-0.05, 0) is 10.8 Å². The Hall–Kier alpha value is 1.75. The van der Waals surface area contributed by atoms with Gasteiger partial charge in [0.15, 0.2) is 0 Å². The van der Waals surface area contributed by atoms with Crippen molar-refractivity contribution in [2.24, 2.45) is 0 Å². The smallest absolute Gasteiger partial charge is 1.00 e. The van der Waals surface area contributed by atoms with Crippen LogP contribution in [0.2, 0.25) is 0 Å². The monoisotopic (exact) mass is 258 g/mol. The van der Waals surface area contributed by atoms with E-state index in [1.165, 1.54) is 0 Å². The standard InChI is InChI=1S/C4H8IO.ClH.Mg/c5-3-1-2-4-6;;/h1-4H2;1H;/q-1;;+2/p-1. The Morgan fingerprint density at radius 1 is 1.25 bits per heavy atom. The van der Waals surface area contributed by atoms with E-state index in [0.29, 0.717) is 0 Å². The van der Waals surface area contributed by atoms with Crippen molar-refractivity contribution in [1.82, 2.24) is 0 Å². The van der Waals surface area contributed by atoms with Gasteiger partial charge in [-0.3, -0.25) is 0 Å². The van der Waals surface area contributed by atoms with Gasteiger partial charge in [0.2, 0.25) is 0 Å². The normalized spacial score (nSPS) is 6.75. The first kappa shape index (κ1) is 16.4. The van der Waals surface area contributed by atoms with Crippen LogP contribution in [0.25, 0.3) is 0 Å². The molecule has 0 radical (unpaired) electrons. The third-order valence-electron chi connectivity index (χ3n) is 0.528. The predicted molar refractivity (Wildman–Crippen MR) is 38.7 cm³/mol. The Bertz CT molecular complexity index is 28.0. The quantitative estimate of drug-likeness (QED) is 0.232. The topological polar surface area (TPSA) is 23.1 Å². The van der Waals surface area contributed by atoms with Gasteiger partial charge in [-0.2, -0.15) is 0 Å². The number of halogens is 2. The summed E-state index contributed by atoms with van der Waals surface area (Å²) in [6.07, 6.45) is 1.94. The van der Waals surface area contributed by atoms with Gasteiger partial charge in [0.25, 0.3) is 0 Å². The van der Waals surface area contributed by atoms with E-state index in [1.54, 1.807) is 0 Å². The van der Waals surface area contributed by atoms with Crippen molar-refractivity contribution in [1.29, 1.82) is 0 Å². The second-order valence-electron chi connectivity index (χ2n) is 1.10. The Morgan fingerprint density at radius 2 is 1.75 bits per heavy atom. The number of unbranched alkanes of at least 4 members (excludes halogenated alkanes) is 1. The van der Waals surface area contributed by atoms with E-state index in [2.05, 4.69) is 22.6 Å². The Kier molecular flexibility index (Phi) is 32.5. The molecule has 0 unspecified atom stereocenters. The minimum atomic E-state index is 0. The van der Waals surface area contributed by atoms with Crippen LogP contribution in [0.1, 0.15) is 12.8 Å². The Labute approximate surface area is 86.3 Å². The molecule has 0 rings (SSSR count). The van der Waals surface area contributed by atoms with Crippen molar-refractivity contribution in [3.05, 3.63) is 0 Å². The van der Waals surface area contributed by atoms with E-state index in [-0.39, 0.29) is 42.1 Å². The van der Waals surface area contributed by atoms with Crippen LogP contribution < -0.4 is 17.5 Å². The van der Waals surface area contributed by atoms with E-state index in [1.807, 2.05) is 0 Å². The van der Waals surface area contributed by atoms with E-state index >= 15 is 0 Å². The van der Waals surface area contributed by atoms with Gasteiger partial charge in [-0.25, -0.2) is 0 Å². The summed E-state index contributed by atoms with van der Waals surface area (Å²) in [6, 6.07) is 0. The zero-order valence-electron chi connectivity index (χ0n) is 4.70. The molecule has 0 fully saturated rings. The van der Waals surface area contributed by atoms with Gasteiger partial charge < -0.3 is 17.5 Å². The molecule has 0 aromatic rings. The van der Waals surface area contributed by atoms with E-state index < -0.39 is 0 Å². The van der Waals surface area contributed by atoms with E-state index in [0.717, 1.165) is 17.3 Å². The summed E-state index contributed by atoms with van der Waals surface area (Å²) in [5.74, 6) is 0. The van der Waals surface area contributed by atoms with Crippen LogP contribution in [0.5, 0.6) is 0 Å². The van der Waals surface area contributed by atoms with E-state index in [9.17, 15) is 5.11 Å². The number of rotatable bonds is 3. The van der Waals surface area contributed by atoms with Crippen molar-refractivity contribution in [2.75, 3.05) is 11.0 Å². The maximum atomic E-state index is 9.69. The zero-order chi connectivity index (χ0) is 4.83. The molecule has 0 spiro atoms. The maximum Gasteiger partial charge on any atom is 2.00 e. The molecule has 0 saturated heterocycles. The fourth-order valence-electron chi connectivity index (χ4n) is 0.197. The number of hydrogen-bond acceptors (Lipinski definition) is 1. The largest absolute Gasteiger partial charge is 2.00 e.